The molecule has 0 saturated carbocycles. The van der Waals surface area contributed by atoms with Crippen LogP contribution >= 0.6 is 22.9 Å². The van der Waals surface area contributed by atoms with Crippen molar-refractivity contribution in [2.45, 2.75) is 6.92 Å². The van der Waals surface area contributed by atoms with Gasteiger partial charge in [0.15, 0.2) is 12.4 Å². The molecule has 122 valence electrons. The van der Waals surface area contributed by atoms with Gasteiger partial charge in [-0.2, -0.15) is 5.26 Å². The number of halogens is 1. The van der Waals surface area contributed by atoms with Crippen LogP contribution in [0.2, 0.25) is 5.02 Å². The minimum Gasteiger partial charge on any atom is -0.453 e. The Kier molecular flexibility index (Phi) is 5.85. The predicted molar refractivity (Wildman–Crippen MR) is 92.6 cm³/mol. The number of rotatable bonds is 6. The average Bonchev–Trinajstić information content (AvgIpc) is 3.03. The minimum atomic E-state index is -1.18. The van der Waals surface area contributed by atoms with Gasteiger partial charge < -0.3 is 10.1 Å². The lowest BCUT2D eigenvalue weighted by Crippen LogP contribution is -2.25. The van der Waals surface area contributed by atoms with Crippen LogP contribution in [0, 0.1) is 22.7 Å². The number of esters is 1. The van der Waals surface area contributed by atoms with Crippen molar-refractivity contribution in [1.82, 2.24) is 0 Å². The highest BCUT2D eigenvalue weighted by Crippen LogP contribution is 2.29. The van der Waals surface area contributed by atoms with Crippen molar-refractivity contribution in [2.75, 3.05) is 6.61 Å². The van der Waals surface area contributed by atoms with Crippen LogP contribution in [0.4, 0.5) is 0 Å². The highest BCUT2D eigenvalue weighted by Gasteiger charge is 2.22. The molecule has 0 spiro atoms. The largest absolute Gasteiger partial charge is 0.453 e. The summed E-state index contributed by atoms with van der Waals surface area (Å²) in [6, 6.07) is 12.3. The molecule has 0 aliphatic heterocycles. The Bertz CT molecular complexity index is 821. The zero-order valence-electron chi connectivity index (χ0n) is 12.7. The fourth-order valence-corrected chi connectivity index (χ4v) is 2.95. The van der Waals surface area contributed by atoms with E-state index in [1.54, 1.807) is 30.3 Å². The van der Waals surface area contributed by atoms with Crippen LogP contribution in [0.25, 0.3) is 10.4 Å². The minimum absolute atomic E-state index is 0.0697. The summed E-state index contributed by atoms with van der Waals surface area (Å²) in [6.45, 7) is 0.840. The molecule has 1 unspecified atom stereocenters. The van der Waals surface area contributed by atoms with Gasteiger partial charge in [0, 0.05) is 15.6 Å². The Hall–Kier alpha value is -2.49. The molecule has 0 fully saturated rings. The van der Waals surface area contributed by atoms with Gasteiger partial charge in [-0.05, 0) is 36.8 Å². The van der Waals surface area contributed by atoms with E-state index in [1.165, 1.54) is 18.3 Å². The Labute approximate surface area is 148 Å². The number of benzene rings is 1. The summed E-state index contributed by atoms with van der Waals surface area (Å²) in [5, 5.41) is 16.8. The monoisotopic (exact) mass is 360 g/mol. The van der Waals surface area contributed by atoms with Crippen molar-refractivity contribution in [3.63, 3.8) is 0 Å². The standard InChI is InChI=1S/C17H13ClN2O3S/c1-10(20)13(8-19)14(21)9-23-17(22)16-7-6-15(24-16)11-2-4-12(18)5-3-11/h2-7,13,20H,9H2,1H3. The summed E-state index contributed by atoms with van der Waals surface area (Å²) in [7, 11) is 0. The Morgan fingerprint density at radius 2 is 1.96 bits per heavy atom. The van der Waals surface area contributed by atoms with E-state index in [2.05, 4.69) is 0 Å². The van der Waals surface area contributed by atoms with Crippen LogP contribution in [0.15, 0.2) is 36.4 Å². The van der Waals surface area contributed by atoms with E-state index < -0.39 is 24.3 Å². The molecule has 0 amide bonds. The van der Waals surface area contributed by atoms with Crippen molar-refractivity contribution < 1.29 is 14.3 Å². The molecule has 2 rings (SSSR count). The van der Waals surface area contributed by atoms with Gasteiger partial charge in [-0.1, -0.05) is 23.7 Å². The van der Waals surface area contributed by atoms with E-state index in [0.29, 0.717) is 9.90 Å². The third-order valence-electron chi connectivity index (χ3n) is 3.17. The summed E-state index contributed by atoms with van der Waals surface area (Å²) < 4.78 is 4.94. The van der Waals surface area contributed by atoms with Crippen LogP contribution in [-0.2, 0) is 9.53 Å². The number of Topliss-reactive ketones (excluding diaryl/α,β-unsaturated/α-hetero) is 1. The maximum Gasteiger partial charge on any atom is 0.348 e. The van der Waals surface area contributed by atoms with Crippen molar-refractivity contribution in [3.8, 4) is 16.5 Å². The zero-order chi connectivity index (χ0) is 17.7. The summed E-state index contributed by atoms with van der Waals surface area (Å²) in [5.41, 5.74) is 0.850. The molecule has 1 heterocycles. The fourth-order valence-electron chi connectivity index (χ4n) is 1.92. The number of nitrogens with one attached hydrogen (secondary N) is 1. The first-order valence-corrected chi connectivity index (χ1v) is 8.12. The van der Waals surface area contributed by atoms with Gasteiger partial charge in [-0.3, -0.25) is 4.79 Å². The maximum atomic E-state index is 12.0. The molecule has 1 N–H and O–H groups in total. The Balaban J connectivity index is 2.01. The van der Waals surface area contributed by atoms with E-state index >= 15 is 0 Å². The lowest BCUT2D eigenvalue weighted by molar-refractivity contribution is -0.122. The SMILES string of the molecule is CC(=N)C(C#N)C(=O)COC(=O)c1ccc(-c2ccc(Cl)cc2)s1. The molecule has 0 aliphatic rings. The molecule has 2 aromatic rings. The summed E-state index contributed by atoms with van der Waals surface area (Å²) in [4.78, 5) is 25.0. The highest BCUT2D eigenvalue weighted by atomic mass is 35.5. The van der Waals surface area contributed by atoms with Gasteiger partial charge in [-0.25, -0.2) is 4.79 Å². The number of carbonyl (C=O) groups excluding carboxylic acids is 2. The smallest absolute Gasteiger partial charge is 0.348 e. The molecule has 0 saturated heterocycles. The van der Waals surface area contributed by atoms with E-state index in [0.717, 1.165) is 10.4 Å². The van der Waals surface area contributed by atoms with Gasteiger partial charge in [0.2, 0.25) is 0 Å². The second kappa shape index (κ2) is 7.86. The van der Waals surface area contributed by atoms with Crippen molar-refractivity contribution in [3.05, 3.63) is 46.3 Å². The van der Waals surface area contributed by atoms with Gasteiger partial charge in [0.25, 0.3) is 0 Å². The summed E-state index contributed by atoms with van der Waals surface area (Å²) in [6.07, 6.45) is 0. The van der Waals surface area contributed by atoms with Gasteiger partial charge >= 0.3 is 5.97 Å². The molecule has 5 nitrogen and oxygen atoms in total. The number of hydrogen-bond donors (Lipinski definition) is 1. The van der Waals surface area contributed by atoms with Gasteiger partial charge in [0.05, 0.1) is 6.07 Å². The number of carbonyl (C=O) groups is 2. The number of ether oxygens (including phenoxy) is 1. The second-order valence-corrected chi connectivity index (χ2v) is 6.48. The molecular weight excluding hydrogens is 348 g/mol. The van der Waals surface area contributed by atoms with Crippen molar-refractivity contribution in [1.29, 1.82) is 10.7 Å². The quantitative estimate of drug-likeness (QED) is 0.623. The average molecular weight is 361 g/mol. The number of nitriles is 1. The normalized spacial score (nSPS) is 11.4. The molecule has 0 radical (unpaired) electrons. The predicted octanol–water partition coefficient (Wildman–Crippen LogP) is 3.97. The number of nitrogens with zero attached hydrogens (tertiary/aromatic N) is 1. The van der Waals surface area contributed by atoms with E-state index in [1.807, 2.05) is 12.1 Å². The van der Waals surface area contributed by atoms with Crippen LogP contribution in [0.5, 0.6) is 0 Å². The van der Waals surface area contributed by atoms with Crippen molar-refractivity contribution >= 4 is 40.4 Å². The van der Waals surface area contributed by atoms with E-state index in [4.69, 9.17) is 27.0 Å². The zero-order valence-corrected chi connectivity index (χ0v) is 14.3. The first-order valence-electron chi connectivity index (χ1n) is 6.92. The van der Waals surface area contributed by atoms with Gasteiger partial charge in [0.1, 0.15) is 10.8 Å². The van der Waals surface area contributed by atoms with Crippen molar-refractivity contribution in [2.24, 2.45) is 5.92 Å². The summed E-state index contributed by atoms with van der Waals surface area (Å²) >= 11 is 7.08. The first-order chi connectivity index (χ1) is 11.4. The highest BCUT2D eigenvalue weighted by molar-refractivity contribution is 7.17. The molecule has 7 heteroatoms. The van der Waals surface area contributed by atoms with E-state index in [9.17, 15) is 9.59 Å². The first kappa shape index (κ1) is 17.9. The Morgan fingerprint density at radius 3 is 2.54 bits per heavy atom. The third-order valence-corrected chi connectivity index (χ3v) is 4.53. The van der Waals surface area contributed by atoms with Crippen LogP contribution in [0.1, 0.15) is 16.6 Å². The number of ketones is 1. The van der Waals surface area contributed by atoms with E-state index in [-0.39, 0.29) is 5.71 Å². The van der Waals surface area contributed by atoms with Crippen LogP contribution in [-0.4, -0.2) is 24.1 Å². The third kappa shape index (κ3) is 4.28. The molecule has 0 aliphatic carbocycles. The summed E-state index contributed by atoms with van der Waals surface area (Å²) in [5.74, 6) is -2.41. The molecule has 1 atom stereocenters. The fraction of sp³-hybridized carbons (Fsp3) is 0.176. The lowest BCUT2D eigenvalue weighted by Gasteiger charge is -2.06. The van der Waals surface area contributed by atoms with Gasteiger partial charge in [-0.15, -0.1) is 11.3 Å². The molecule has 1 aromatic heterocycles. The topological polar surface area (TPSA) is 91.0 Å². The second-order valence-electron chi connectivity index (χ2n) is 4.96. The molecule has 24 heavy (non-hydrogen) atoms. The Morgan fingerprint density at radius 1 is 1.29 bits per heavy atom. The molecule has 1 aromatic carbocycles. The van der Waals surface area contributed by atoms with Crippen LogP contribution < -0.4 is 0 Å². The number of hydrogen-bond acceptors (Lipinski definition) is 6. The number of thiophene rings is 1. The lowest BCUT2D eigenvalue weighted by atomic mass is 10.0. The molecule has 0 bridgehead atoms. The maximum absolute atomic E-state index is 12.0. The van der Waals surface area contributed by atoms with Crippen LogP contribution in [0.3, 0.4) is 0 Å². The molecular formula is C17H13ClN2O3S.